The summed E-state index contributed by atoms with van der Waals surface area (Å²) in [7, 11) is 0. The van der Waals surface area contributed by atoms with E-state index in [1.807, 2.05) is 30.3 Å². The van der Waals surface area contributed by atoms with E-state index < -0.39 is 0 Å². The number of nitrogens with one attached hydrogen (secondary N) is 2. The van der Waals surface area contributed by atoms with Crippen molar-refractivity contribution in [3.05, 3.63) is 86.7 Å². The van der Waals surface area contributed by atoms with Crippen LogP contribution in [0.5, 0.6) is 0 Å². The van der Waals surface area contributed by atoms with Crippen LogP contribution in [0.3, 0.4) is 0 Å². The monoisotopic (exact) mass is 469 g/mol. The minimum Gasteiger partial charge on any atom is -0.325 e. The Bertz CT molecular complexity index is 962. The Labute approximate surface area is 184 Å². The van der Waals surface area contributed by atoms with Crippen LogP contribution in [-0.2, 0) is 6.42 Å². The van der Waals surface area contributed by atoms with Crippen LogP contribution in [0.2, 0.25) is 0 Å². The third kappa shape index (κ3) is 4.63. The molecule has 1 fully saturated rings. The fourth-order valence-corrected chi connectivity index (χ4v) is 5.41. The van der Waals surface area contributed by atoms with E-state index in [0.717, 1.165) is 15.9 Å². The standard InChI is InChI=1S/C24H25BrN2OS/c1-2-20-16-21(24(29-20)26-23(28)18-8-4-3-5-9-18)22(27-14-6-7-15-27)17-10-12-19(25)13-11-17/h3-5,8-13,16,22H,2,6-7,14-15H2,1H3,(H,26,28)/p+1/t22-/m1/s1. The molecule has 1 aliphatic rings. The first kappa shape index (κ1) is 20.3. The van der Waals surface area contributed by atoms with Crippen molar-refractivity contribution in [1.82, 2.24) is 0 Å². The summed E-state index contributed by atoms with van der Waals surface area (Å²) in [5, 5.41) is 4.21. The Morgan fingerprint density at radius 2 is 1.79 bits per heavy atom. The minimum atomic E-state index is -0.0395. The van der Waals surface area contributed by atoms with Crippen molar-refractivity contribution < 1.29 is 9.69 Å². The van der Waals surface area contributed by atoms with Gasteiger partial charge in [-0.25, -0.2) is 0 Å². The Balaban J connectivity index is 1.73. The zero-order valence-corrected chi connectivity index (χ0v) is 19.0. The number of hydrogen-bond donors (Lipinski definition) is 2. The van der Waals surface area contributed by atoms with Crippen LogP contribution < -0.4 is 10.2 Å². The Morgan fingerprint density at radius 1 is 1.10 bits per heavy atom. The minimum absolute atomic E-state index is 0.0395. The molecule has 0 spiro atoms. The van der Waals surface area contributed by atoms with E-state index in [2.05, 4.69) is 58.5 Å². The highest BCUT2D eigenvalue weighted by atomic mass is 79.9. The lowest BCUT2D eigenvalue weighted by molar-refractivity contribution is -0.913. The van der Waals surface area contributed by atoms with E-state index >= 15 is 0 Å². The van der Waals surface area contributed by atoms with Crippen LogP contribution in [0, 0.1) is 0 Å². The molecule has 1 aliphatic heterocycles. The number of likely N-dealkylation sites (tertiary alicyclic amines) is 1. The first-order valence-corrected chi connectivity index (χ1v) is 11.9. The molecule has 1 saturated heterocycles. The molecular formula is C24H26BrN2OS+. The predicted octanol–water partition coefficient (Wildman–Crippen LogP) is 5.09. The maximum atomic E-state index is 12.9. The zero-order valence-electron chi connectivity index (χ0n) is 16.6. The average molecular weight is 470 g/mol. The van der Waals surface area contributed by atoms with Gasteiger partial charge in [-0.2, -0.15) is 0 Å². The molecule has 4 rings (SSSR count). The SMILES string of the molecule is CCc1cc([C@@H](c2ccc(Br)cc2)[NH+]2CCCC2)c(NC(=O)c2ccccc2)s1. The smallest absolute Gasteiger partial charge is 0.256 e. The lowest BCUT2D eigenvalue weighted by Crippen LogP contribution is -3.10. The largest absolute Gasteiger partial charge is 0.325 e. The number of carbonyl (C=O) groups excluding carboxylic acids is 1. The summed E-state index contributed by atoms with van der Waals surface area (Å²) >= 11 is 5.27. The van der Waals surface area contributed by atoms with Gasteiger partial charge in [-0.1, -0.05) is 53.2 Å². The van der Waals surface area contributed by atoms with Crippen LogP contribution in [0.1, 0.15) is 52.2 Å². The Hall–Kier alpha value is -1.95. The van der Waals surface area contributed by atoms with Gasteiger partial charge in [0.1, 0.15) is 11.0 Å². The average Bonchev–Trinajstić information content (AvgIpc) is 3.41. The number of rotatable bonds is 6. The molecule has 0 unspecified atom stereocenters. The Kier molecular flexibility index (Phi) is 6.48. The van der Waals surface area contributed by atoms with Gasteiger partial charge in [0.05, 0.1) is 13.1 Å². The molecule has 29 heavy (non-hydrogen) atoms. The fraction of sp³-hybridized carbons (Fsp3) is 0.292. The van der Waals surface area contributed by atoms with E-state index in [4.69, 9.17) is 0 Å². The van der Waals surface area contributed by atoms with Crippen molar-refractivity contribution in [3.8, 4) is 0 Å². The van der Waals surface area contributed by atoms with Crippen molar-refractivity contribution in [2.45, 2.75) is 32.2 Å². The second-order valence-electron chi connectivity index (χ2n) is 7.52. The van der Waals surface area contributed by atoms with Crippen LogP contribution in [-0.4, -0.2) is 19.0 Å². The van der Waals surface area contributed by atoms with E-state index in [1.165, 1.54) is 41.9 Å². The van der Waals surface area contributed by atoms with E-state index in [9.17, 15) is 4.79 Å². The van der Waals surface area contributed by atoms with Gasteiger partial charge in [0.15, 0.2) is 0 Å². The van der Waals surface area contributed by atoms with Crippen molar-refractivity contribution in [1.29, 1.82) is 0 Å². The second-order valence-corrected chi connectivity index (χ2v) is 9.57. The lowest BCUT2D eigenvalue weighted by Gasteiger charge is -2.25. The summed E-state index contributed by atoms with van der Waals surface area (Å²) in [6, 6.07) is 20.7. The quantitative estimate of drug-likeness (QED) is 0.517. The van der Waals surface area contributed by atoms with Gasteiger partial charge < -0.3 is 10.2 Å². The van der Waals surface area contributed by atoms with Gasteiger partial charge in [0.25, 0.3) is 5.91 Å². The summed E-state index contributed by atoms with van der Waals surface area (Å²) in [6.45, 7) is 4.52. The van der Waals surface area contributed by atoms with Crippen LogP contribution in [0.4, 0.5) is 5.00 Å². The number of amides is 1. The van der Waals surface area contributed by atoms with Gasteiger partial charge in [-0.05, 0) is 36.8 Å². The third-order valence-corrected chi connectivity index (χ3v) is 7.33. The number of anilines is 1. The summed E-state index contributed by atoms with van der Waals surface area (Å²) in [4.78, 5) is 15.8. The first-order valence-electron chi connectivity index (χ1n) is 10.2. The molecular weight excluding hydrogens is 444 g/mol. The Morgan fingerprint density at radius 3 is 2.45 bits per heavy atom. The number of benzene rings is 2. The molecule has 1 atom stereocenters. The molecule has 2 heterocycles. The molecule has 5 heteroatoms. The van der Waals surface area contributed by atoms with Crippen LogP contribution in [0.25, 0.3) is 0 Å². The maximum absolute atomic E-state index is 12.9. The van der Waals surface area contributed by atoms with Crippen molar-refractivity contribution in [2.24, 2.45) is 0 Å². The van der Waals surface area contributed by atoms with Gasteiger partial charge >= 0.3 is 0 Å². The van der Waals surface area contributed by atoms with E-state index in [1.54, 1.807) is 16.2 Å². The summed E-state index contributed by atoms with van der Waals surface area (Å²) in [5.74, 6) is -0.0395. The molecule has 150 valence electrons. The third-order valence-electron chi connectivity index (χ3n) is 5.59. The second kappa shape index (κ2) is 9.24. The van der Waals surface area contributed by atoms with Crippen LogP contribution in [0.15, 0.2) is 65.1 Å². The molecule has 0 aliphatic carbocycles. The number of aryl methyl sites for hydroxylation is 1. The summed E-state index contributed by atoms with van der Waals surface area (Å²) < 4.78 is 1.09. The highest BCUT2D eigenvalue weighted by Gasteiger charge is 2.32. The van der Waals surface area contributed by atoms with Gasteiger partial charge in [-0.3, -0.25) is 4.79 Å². The van der Waals surface area contributed by atoms with Crippen molar-refractivity contribution >= 4 is 38.2 Å². The number of hydrogen-bond acceptors (Lipinski definition) is 2. The first-order chi connectivity index (χ1) is 14.2. The topological polar surface area (TPSA) is 33.5 Å². The number of halogens is 1. The van der Waals surface area contributed by atoms with Crippen molar-refractivity contribution in [3.63, 3.8) is 0 Å². The molecule has 2 aromatic carbocycles. The van der Waals surface area contributed by atoms with Crippen molar-refractivity contribution in [2.75, 3.05) is 18.4 Å². The molecule has 0 saturated carbocycles. The van der Waals surface area contributed by atoms with Gasteiger partial charge in [-0.15, -0.1) is 11.3 Å². The fourth-order valence-electron chi connectivity index (χ4n) is 4.12. The van der Waals surface area contributed by atoms with E-state index in [0.29, 0.717) is 5.56 Å². The number of thiophene rings is 1. The number of carbonyl (C=O) groups is 1. The normalized spacial score (nSPS) is 15.4. The lowest BCUT2D eigenvalue weighted by atomic mass is 9.98. The zero-order chi connectivity index (χ0) is 20.2. The molecule has 2 N–H and O–H groups in total. The highest BCUT2D eigenvalue weighted by Crippen LogP contribution is 2.36. The molecule has 3 nitrogen and oxygen atoms in total. The molecule has 0 radical (unpaired) electrons. The summed E-state index contributed by atoms with van der Waals surface area (Å²) in [5.41, 5.74) is 3.25. The number of quaternary nitrogens is 1. The molecule has 1 aromatic heterocycles. The van der Waals surface area contributed by atoms with Crippen LogP contribution >= 0.6 is 27.3 Å². The maximum Gasteiger partial charge on any atom is 0.256 e. The molecule has 1 amide bonds. The summed E-state index contributed by atoms with van der Waals surface area (Å²) in [6.07, 6.45) is 3.50. The molecule has 0 bridgehead atoms. The molecule has 3 aromatic rings. The van der Waals surface area contributed by atoms with Gasteiger partial charge in [0, 0.05) is 38.9 Å². The van der Waals surface area contributed by atoms with Gasteiger partial charge in [0.2, 0.25) is 0 Å². The predicted molar refractivity (Wildman–Crippen MR) is 124 cm³/mol. The van der Waals surface area contributed by atoms with E-state index in [-0.39, 0.29) is 11.9 Å². The highest BCUT2D eigenvalue weighted by molar-refractivity contribution is 9.10.